The Morgan fingerprint density at radius 3 is 1.80 bits per heavy atom. The summed E-state index contributed by atoms with van der Waals surface area (Å²) in [5.74, 6) is 0. The van der Waals surface area contributed by atoms with Gasteiger partial charge in [-0.15, -0.1) is 0 Å². The van der Waals surface area contributed by atoms with Crippen molar-refractivity contribution in [1.82, 2.24) is 0 Å². The monoisotopic (exact) mass is 183 g/mol. The zero-order valence-electron chi connectivity index (χ0n) is 3.32. The van der Waals surface area contributed by atoms with E-state index in [0.29, 0.717) is 0 Å². The zero-order valence-corrected chi connectivity index (χ0v) is 6.18. The average Bonchev–Trinajstić information content (AvgIpc) is 1.37. The summed E-state index contributed by atoms with van der Waals surface area (Å²) in [7, 11) is 0. The van der Waals surface area contributed by atoms with E-state index in [1.54, 1.807) is 22.5 Å². The fourth-order valence-electron chi connectivity index (χ4n) is 0. The Kier molecular flexibility index (Phi) is 16.3. The van der Waals surface area contributed by atoms with Crippen molar-refractivity contribution in [1.29, 1.82) is 0 Å². The van der Waals surface area contributed by atoms with Crippen molar-refractivity contribution in [3.05, 3.63) is 0 Å². The number of rotatable bonds is 1. The van der Waals surface area contributed by atoms with Crippen molar-refractivity contribution in [3.8, 4) is 0 Å². The average molecular weight is 182 g/mol. The molecule has 0 saturated carbocycles. The maximum Gasteiger partial charge on any atom is -0.269 e. The van der Waals surface area contributed by atoms with Gasteiger partial charge in [0, 0.05) is 0 Å². The van der Waals surface area contributed by atoms with Crippen LogP contribution in [0.4, 0.5) is 4.70 Å². The van der Waals surface area contributed by atoms with Crippen molar-refractivity contribution in [3.63, 3.8) is 0 Å². The molecule has 2 heteroatoms. The third-order valence-corrected chi connectivity index (χ3v) is 1.68. The normalized spacial score (nSPS) is 6.00. The molecule has 0 heterocycles. The summed E-state index contributed by atoms with van der Waals surface area (Å²) >= 11 is 1.67. The van der Waals surface area contributed by atoms with E-state index in [1.165, 1.54) is 10.9 Å². The van der Waals surface area contributed by atoms with Crippen molar-refractivity contribution < 1.29 is 4.70 Å². The molecule has 0 saturated heterocycles. The molecule has 5 heavy (non-hydrogen) atoms. The molecule has 0 aliphatic heterocycles. The van der Waals surface area contributed by atoms with Gasteiger partial charge in [0.15, 0.2) is 0 Å². The SMILES string of the molecule is CC[CH2][Sn].F. The first-order valence-corrected chi connectivity index (χ1v) is 3.58. The third kappa shape index (κ3) is 11.8. The maximum absolute atomic E-state index is 2.20. The van der Waals surface area contributed by atoms with E-state index in [4.69, 9.17) is 0 Å². The van der Waals surface area contributed by atoms with E-state index >= 15 is 0 Å². The topological polar surface area (TPSA) is 0 Å². The van der Waals surface area contributed by atoms with Crippen LogP contribution in [0.3, 0.4) is 0 Å². The van der Waals surface area contributed by atoms with E-state index in [1.807, 2.05) is 0 Å². The minimum Gasteiger partial charge on any atom is -0.269 e. The molecule has 0 amide bonds. The molecule has 0 spiro atoms. The van der Waals surface area contributed by atoms with Gasteiger partial charge in [-0.05, 0) is 0 Å². The first-order valence-electron chi connectivity index (χ1n) is 1.56. The van der Waals surface area contributed by atoms with Crippen LogP contribution in [0.5, 0.6) is 0 Å². The molecule has 0 bridgehead atoms. The van der Waals surface area contributed by atoms with E-state index in [-0.39, 0.29) is 4.70 Å². The van der Waals surface area contributed by atoms with Gasteiger partial charge in [-0.2, -0.15) is 0 Å². The molecule has 0 nitrogen and oxygen atoms in total. The predicted octanol–water partition coefficient (Wildman–Crippen LogP) is 1.14. The fourth-order valence-corrected chi connectivity index (χ4v) is 0. The van der Waals surface area contributed by atoms with Gasteiger partial charge in [0.1, 0.15) is 0 Å². The molecule has 0 aromatic rings. The van der Waals surface area contributed by atoms with Crippen LogP contribution < -0.4 is 0 Å². The van der Waals surface area contributed by atoms with E-state index in [0.717, 1.165) is 0 Å². The van der Waals surface area contributed by atoms with Crippen LogP contribution in [0, 0.1) is 0 Å². The van der Waals surface area contributed by atoms with Gasteiger partial charge in [-0.25, -0.2) is 0 Å². The van der Waals surface area contributed by atoms with Crippen LogP contribution in [-0.4, -0.2) is 22.5 Å². The molecule has 31 valence electrons. The zero-order chi connectivity index (χ0) is 3.41. The Morgan fingerprint density at radius 1 is 1.60 bits per heavy atom. The van der Waals surface area contributed by atoms with Crippen LogP contribution in [0.15, 0.2) is 0 Å². The summed E-state index contributed by atoms with van der Waals surface area (Å²) in [4.78, 5) is 0. The summed E-state index contributed by atoms with van der Waals surface area (Å²) in [6, 6.07) is 0. The van der Waals surface area contributed by atoms with Crippen LogP contribution in [0.1, 0.15) is 13.3 Å². The van der Waals surface area contributed by atoms with E-state index in [2.05, 4.69) is 6.92 Å². The molecular formula is C3H8FSn. The molecule has 0 unspecified atom stereocenters. The van der Waals surface area contributed by atoms with Gasteiger partial charge in [0.05, 0.1) is 0 Å². The minimum atomic E-state index is 0. The Labute approximate surface area is 45.4 Å². The first kappa shape index (κ1) is 9.21. The number of hydrogen-bond donors (Lipinski definition) is 0. The standard InChI is InChI=1S/C3H7.FH.Sn/c1-3-2;;/h1,3H2,2H3;1H;. The largest absolute Gasteiger partial charge is 0.269 e. The fraction of sp³-hybridized carbons (Fsp3) is 1.00. The minimum absolute atomic E-state index is 0. The molecular weight excluding hydrogens is 174 g/mol. The quantitative estimate of drug-likeness (QED) is 0.533. The molecule has 3 radical (unpaired) electrons. The van der Waals surface area contributed by atoms with Gasteiger partial charge in [-0.3, -0.25) is 4.70 Å². The van der Waals surface area contributed by atoms with Gasteiger partial charge >= 0.3 is 40.3 Å². The second kappa shape index (κ2) is 8.83. The van der Waals surface area contributed by atoms with E-state index < -0.39 is 0 Å². The van der Waals surface area contributed by atoms with Gasteiger partial charge < -0.3 is 0 Å². The van der Waals surface area contributed by atoms with Crippen LogP contribution >= 0.6 is 0 Å². The van der Waals surface area contributed by atoms with Gasteiger partial charge in [-0.1, -0.05) is 0 Å². The molecule has 0 aromatic carbocycles. The summed E-state index contributed by atoms with van der Waals surface area (Å²) in [6.45, 7) is 2.20. The number of halogens is 1. The molecule has 0 aliphatic carbocycles. The summed E-state index contributed by atoms with van der Waals surface area (Å²) < 4.78 is 1.41. The summed E-state index contributed by atoms with van der Waals surface area (Å²) in [5.41, 5.74) is 0. The molecule has 0 N–H and O–H groups in total. The molecule has 0 aliphatic rings. The Bertz CT molecular complexity index is 8.85. The molecule has 0 atom stereocenters. The summed E-state index contributed by atoms with van der Waals surface area (Å²) in [6.07, 6.45) is 1.36. The molecule has 0 rings (SSSR count). The third-order valence-electron chi connectivity index (χ3n) is 0.250. The second-order valence-corrected chi connectivity index (χ2v) is 2.18. The van der Waals surface area contributed by atoms with Crippen LogP contribution in [0.25, 0.3) is 0 Å². The van der Waals surface area contributed by atoms with Gasteiger partial charge in [0.2, 0.25) is 0 Å². The van der Waals surface area contributed by atoms with Crippen LogP contribution in [-0.2, 0) is 0 Å². The predicted molar refractivity (Wildman–Crippen MR) is 23.4 cm³/mol. The molecule has 0 fully saturated rings. The Balaban J connectivity index is 0. The van der Waals surface area contributed by atoms with Crippen molar-refractivity contribution >= 4 is 22.5 Å². The Hall–Kier alpha value is 0.729. The van der Waals surface area contributed by atoms with Crippen molar-refractivity contribution in [2.45, 2.75) is 17.8 Å². The van der Waals surface area contributed by atoms with Crippen LogP contribution in [0.2, 0.25) is 4.44 Å². The second-order valence-electron chi connectivity index (χ2n) is 0.750. The number of hydrogen-bond acceptors (Lipinski definition) is 0. The first-order chi connectivity index (χ1) is 1.91. The maximum atomic E-state index is 2.20. The van der Waals surface area contributed by atoms with Gasteiger partial charge in [0.25, 0.3) is 0 Å². The Morgan fingerprint density at radius 2 is 1.80 bits per heavy atom. The van der Waals surface area contributed by atoms with Crippen molar-refractivity contribution in [2.75, 3.05) is 0 Å². The van der Waals surface area contributed by atoms with Crippen molar-refractivity contribution in [2.24, 2.45) is 0 Å². The van der Waals surface area contributed by atoms with E-state index in [9.17, 15) is 0 Å². The summed E-state index contributed by atoms with van der Waals surface area (Å²) in [5, 5.41) is 0. The molecule has 0 aromatic heterocycles. The smallest absolute Gasteiger partial charge is 0.269 e.